The molecule has 98 valence electrons. The number of benzene rings is 2. The van der Waals surface area contributed by atoms with Crippen molar-refractivity contribution in [2.24, 2.45) is 0 Å². The molecule has 0 bridgehead atoms. The summed E-state index contributed by atoms with van der Waals surface area (Å²) in [6.07, 6.45) is 0. The molecule has 2 rings (SSSR count). The molecule has 0 fully saturated rings. The summed E-state index contributed by atoms with van der Waals surface area (Å²) in [5.41, 5.74) is 1.15. The summed E-state index contributed by atoms with van der Waals surface area (Å²) < 4.78 is 18.5. The zero-order valence-corrected chi connectivity index (χ0v) is 10.3. The maximum absolute atomic E-state index is 13.3. The molecule has 0 saturated carbocycles. The zero-order chi connectivity index (χ0) is 13.5. The predicted octanol–water partition coefficient (Wildman–Crippen LogP) is 2.98. The van der Waals surface area contributed by atoms with E-state index in [4.69, 9.17) is 4.74 Å². The molecule has 2 aromatic rings. The Morgan fingerprint density at radius 1 is 1.05 bits per heavy atom. The van der Waals surface area contributed by atoms with Gasteiger partial charge in [-0.3, -0.25) is 4.79 Å². The van der Waals surface area contributed by atoms with Crippen molar-refractivity contribution < 1.29 is 13.9 Å². The van der Waals surface area contributed by atoms with Crippen LogP contribution >= 0.6 is 0 Å². The molecule has 0 aliphatic heterocycles. The monoisotopic (exact) mass is 259 g/mol. The van der Waals surface area contributed by atoms with Crippen molar-refractivity contribution in [3.05, 3.63) is 66.0 Å². The second-order valence-corrected chi connectivity index (χ2v) is 4.01. The minimum Gasteiger partial charge on any atom is -0.367 e. The lowest BCUT2D eigenvalue weighted by molar-refractivity contribution is -0.121. The number of anilines is 1. The van der Waals surface area contributed by atoms with Crippen LogP contribution < -0.4 is 5.32 Å². The molecule has 1 N–H and O–H groups in total. The maximum Gasteiger partial charge on any atom is 0.250 e. The topological polar surface area (TPSA) is 38.3 Å². The first kappa shape index (κ1) is 13.2. The van der Waals surface area contributed by atoms with Crippen molar-refractivity contribution in [1.29, 1.82) is 0 Å². The number of amides is 1. The summed E-state index contributed by atoms with van der Waals surface area (Å²) >= 11 is 0. The third-order valence-corrected chi connectivity index (χ3v) is 2.49. The van der Waals surface area contributed by atoms with Gasteiger partial charge in [-0.1, -0.05) is 42.5 Å². The van der Waals surface area contributed by atoms with E-state index in [2.05, 4.69) is 5.32 Å². The molecule has 2 aromatic carbocycles. The van der Waals surface area contributed by atoms with Gasteiger partial charge in [0.2, 0.25) is 5.91 Å². The van der Waals surface area contributed by atoms with Gasteiger partial charge < -0.3 is 10.1 Å². The van der Waals surface area contributed by atoms with Gasteiger partial charge in [0, 0.05) is 0 Å². The predicted molar refractivity (Wildman–Crippen MR) is 71.1 cm³/mol. The third kappa shape index (κ3) is 4.19. The van der Waals surface area contributed by atoms with Crippen LogP contribution in [0.4, 0.5) is 10.1 Å². The molecule has 19 heavy (non-hydrogen) atoms. The number of hydrogen-bond acceptors (Lipinski definition) is 2. The Morgan fingerprint density at radius 3 is 2.47 bits per heavy atom. The number of halogens is 1. The molecule has 0 aliphatic carbocycles. The van der Waals surface area contributed by atoms with Gasteiger partial charge in [0.15, 0.2) is 0 Å². The minimum atomic E-state index is -0.459. The Balaban J connectivity index is 1.78. The number of ether oxygens (including phenoxy) is 1. The fourth-order valence-electron chi connectivity index (χ4n) is 1.58. The quantitative estimate of drug-likeness (QED) is 0.896. The first-order valence-electron chi connectivity index (χ1n) is 5.92. The summed E-state index contributed by atoms with van der Waals surface area (Å²) in [5.74, 6) is -0.833. The van der Waals surface area contributed by atoms with Crippen LogP contribution in [0.3, 0.4) is 0 Å². The second-order valence-electron chi connectivity index (χ2n) is 4.01. The molecule has 0 saturated heterocycles. The summed E-state index contributed by atoms with van der Waals surface area (Å²) in [7, 11) is 0. The first-order chi connectivity index (χ1) is 9.25. The zero-order valence-electron chi connectivity index (χ0n) is 10.3. The van der Waals surface area contributed by atoms with Gasteiger partial charge in [0.25, 0.3) is 0 Å². The van der Waals surface area contributed by atoms with Gasteiger partial charge in [0.05, 0.1) is 12.3 Å². The molecule has 0 aliphatic rings. The molecular weight excluding hydrogens is 245 g/mol. The highest BCUT2D eigenvalue weighted by Crippen LogP contribution is 2.12. The Kier molecular flexibility index (Phi) is 4.64. The summed E-state index contributed by atoms with van der Waals surface area (Å²) in [6.45, 7) is 0.245. The Hall–Kier alpha value is -2.20. The number of carbonyl (C=O) groups excluding carboxylic acids is 1. The average molecular weight is 259 g/mol. The smallest absolute Gasteiger partial charge is 0.250 e. The van der Waals surface area contributed by atoms with Crippen LogP contribution in [0.25, 0.3) is 0 Å². The lowest BCUT2D eigenvalue weighted by atomic mass is 10.2. The highest BCUT2D eigenvalue weighted by atomic mass is 19.1. The standard InChI is InChI=1S/C15H14FNO2/c16-13-8-4-5-9-14(13)17-15(18)11-19-10-12-6-2-1-3-7-12/h1-9H,10-11H2,(H,17,18). The number of rotatable bonds is 5. The van der Waals surface area contributed by atoms with E-state index in [1.54, 1.807) is 12.1 Å². The van der Waals surface area contributed by atoms with Gasteiger partial charge in [0.1, 0.15) is 12.4 Å². The summed E-state index contributed by atoms with van der Waals surface area (Å²) in [5, 5.41) is 2.46. The van der Waals surface area contributed by atoms with Crippen LogP contribution in [-0.4, -0.2) is 12.5 Å². The van der Waals surface area contributed by atoms with E-state index in [1.165, 1.54) is 12.1 Å². The van der Waals surface area contributed by atoms with Crippen LogP contribution in [0.15, 0.2) is 54.6 Å². The SMILES string of the molecule is O=C(COCc1ccccc1)Nc1ccccc1F. The average Bonchev–Trinajstić information content (AvgIpc) is 2.43. The van der Waals surface area contributed by atoms with Gasteiger partial charge in [-0.15, -0.1) is 0 Å². The largest absolute Gasteiger partial charge is 0.367 e. The lowest BCUT2D eigenvalue weighted by Crippen LogP contribution is -2.18. The lowest BCUT2D eigenvalue weighted by Gasteiger charge is -2.07. The van der Waals surface area contributed by atoms with Crippen LogP contribution in [-0.2, 0) is 16.1 Å². The minimum absolute atomic E-state index is 0.108. The van der Waals surface area contributed by atoms with Gasteiger partial charge in [-0.05, 0) is 17.7 Å². The van der Waals surface area contributed by atoms with Gasteiger partial charge in [-0.2, -0.15) is 0 Å². The number of para-hydroxylation sites is 1. The van der Waals surface area contributed by atoms with Crippen molar-refractivity contribution in [2.75, 3.05) is 11.9 Å². The van der Waals surface area contributed by atoms with Crippen molar-refractivity contribution in [3.63, 3.8) is 0 Å². The Bertz CT molecular complexity index is 543. The van der Waals surface area contributed by atoms with Crippen molar-refractivity contribution >= 4 is 11.6 Å². The fourth-order valence-corrected chi connectivity index (χ4v) is 1.58. The van der Waals surface area contributed by atoms with E-state index in [0.29, 0.717) is 6.61 Å². The molecule has 4 heteroatoms. The molecular formula is C15H14FNO2. The van der Waals surface area contributed by atoms with E-state index in [9.17, 15) is 9.18 Å². The van der Waals surface area contributed by atoms with Crippen LogP contribution in [0, 0.1) is 5.82 Å². The van der Waals surface area contributed by atoms with E-state index < -0.39 is 5.82 Å². The molecule has 3 nitrogen and oxygen atoms in total. The number of nitrogens with one attached hydrogen (secondary N) is 1. The van der Waals surface area contributed by atoms with E-state index >= 15 is 0 Å². The van der Waals surface area contributed by atoms with Crippen LogP contribution in [0.2, 0.25) is 0 Å². The number of hydrogen-bond donors (Lipinski definition) is 1. The van der Waals surface area contributed by atoms with Gasteiger partial charge >= 0.3 is 0 Å². The molecule has 0 unspecified atom stereocenters. The van der Waals surface area contributed by atoms with E-state index in [1.807, 2.05) is 30.3 Å². The van der Waals surface area contributed by atoms with Crippen molar-refractivity contribution in [3.8, 4) is 0 Å². The van der Waals surface area contributed by atoms with Crippen molar-refractivity contribution in [1.82, 2.24) is 0 Å². The van der Waals surface area contributed by atoms with Crippen LogP contribution in [0.5, 0.6) is 0 Å². The normalized spacial score (nSPS) is 10.2. The second kappa shape index (κ2) is 6.66. The Morgan fingerprint density at radius 2 is 1.74 bits per heavy atom. The fraction of sp³-hybridized carbons (Fsp3) is 0.133. The third-order valence-electron chi connectivity index (χ3n) is 2.49. The number of carbonyl (C=O) groups is 1. The molecule has 1 amide bonds. The summed E-state index contributed by atoms with van der Waals surface area (Å²) in [6, 6.07) is 15.6. The van der Waals surface area contributed by atoms with Crippen LogP contribution in [0.1, 0.15) is 5.56 Å². The van der Waals surface area contributed by atoms with Crippen molar-refractivity contribution in [2.45, 2.75) is 6.61 Å². The summed E-state index contributed by atoms with van der Waals surface area (Å²) in [4.78, 5) is 11.6. The van der Waals surface area contributed by atoms with Gasteiger partial charge in [-0.25, -0.2) is 4.39 Å². The van der Waals surface area contributed by atoms with E-state index in [-0.39, 0.29) is 18.2 Å². The Labute approximate surface area is 111 Å². The molecule has 0 spiro atoms. The highest BCUT2D eigenvalue weighted by molar-refractivity contribution is 5.91. The van der Waals surface area contributed by atoms with E-state index in [0.717, 1.165) is 5.56 Å². The molecule has 0 radical (unpaired) electrons. The first-order valence-corrected chi connectivity index (χ1v) is 5.92. The maximum atomic E-state index is 13.3. The molecule has 0 heterocycles. The highest BCUT2D eigenvalue weighted by Gasteiger charge is 2.06. The molecule has 0 atom stereocenters. The molecule has 0 aromatic heterocycles.